The first-order valence-corrected chi connectivity index (χ1v) is 5.82. The molecule has 110 valence electrons. The maximum Gasteiger partial charge on any atom is 0.417 e. The zero-order valence-corrected chi connectivity index (χ0v) is 10.5. The average molecular weight is 299 g/mol. The standard InChI is InChI=1S/C14H9F4NO2/c15-13-12(8(5-6-19-13)7-11(20)21)9-3-1-2-4-10(9)14(16,17)18/h1-6H,7H2,(H,20,21). The Morgan fingerprint density at radius 1 is 1.19 bits per heavy atom. The predicted octanol–water partition coefficient (Wildman–Crippen LogP) is 3.53. The summed E-state index contributed by atoms with van der Waals surface area (Å²) in [6, 6.07) is 5.60. The summed E-state index contributed by atoms with van der Waals surface area (Å²) < 4.78 is 52.9. The van der Waals surface area contributed by atoms with E-state index in [-0.39, 0.29) is 5.56 Å². The zero-order chi connectivity index (χ0) is 15.6. The molecule has 1 N–H and O–H groups in total. The molecule has 0 aliphatic heterocycles. The van der Waals surface area contributed by atoms with Crippen LogP contribution in [0.5, 0.6) is 0 Å². The number of benzene rings is 1. The molecule has 1 aromatic carbocycles. The molecule has 1 aromatic heterocycles. The van der Waals surface area contributed by atoms with Crippen molar-refractivity contribution in [2.75, 3.05) is 0 Å². The van der Waals surface area contributed by atoms with E-state index in [1.54, 1.807) is 0 Å². The lowest BCUT2D eigenvalue weighted by atomic mass is 9.95. The van der Waals surface area contributed by atoms with E-state index < -0.39 is 41.2 Å². The molecule has 0 radical (unpaired) electrons. The van der Waals surface area contributed by atoms with E-state index in [2.05, 4.69) is 4.98 Å². The van der Waals surface area contributed by atoms with E-state index in [0.717, 1.165) is 18.3 Å². The van der Waals surface area contributed by atoms with Crippen molar-refractivity contribution in [1.29, 1.82) is 0 Å². The number of carboxylic acid groups (broad SMARTS) is 1. The molecule has 3 nitrogen and oxygen atoms in total. The number of pyridine rings is 1. The zero-order valence-electron chi connectivity index (χ0n) is 10.5. The summed E-state index contributed by atoms with van der Waals surface area (Å²) in [6.07, 6.45) is -4.26. The Balaban J connectivity index is 2.70. The van der Waals surface area contributed by atoms with Crippen LogP contribution >= 0.6 is 0 Å². The number of halogens is 4. The van der Waals surface area contributed by atoms with E-state index in [1.807, 2.05) is 0 Å². The van der Waals surface area contributed by atoms with Crippen molar-refractivity contribution in [3.05, 3.63) is 53.6 Å². The molecule has 0 amide bonds. The first kappa shape index (κ1) is 15.0. The van der Waals surface area contributed by atoms with Gasteiger partial charge in [-0.2, -0.15) is 17.6 Å². The van der Waals surface area contributed by atoms with Crippen molar-refractivity contribution in [3.8, 4) is 11.1 Å². The summed E-state index contributed by atoms with van der Waals surface area (Å²) in [4.78, 5) is 14.1. The van der Waals surface area contributed by atoms with Crippen LogP contribution in [0, 0.1) is 5.95 Å². The van der Waals surface area contributed by atoms with Crippen LogP contribution < -0.4 is 0 Å². The van der Waals surface area contributed by atoms with E-state index in [0.29, 0.717) is 0 Å². The predicted molar refractivity (Wildman–Crippen MR) is 66.0 cm³/mol. The molecule has 0 unspecified atom stereocenters. The van der Waals surface area contributed by atoms with Gasteiger partial charge in [-0.05, 0) is 23.3 Å². The minimum Gasteiger partial charge on any atom is -0.481 e. The Kier molecular flexibility index (Phi) is 3.93. The van der Waals surface area contributed by atoms with Crippen molar-refractivity contribution >= 4 is 5.97 Å². The number of carboxylic acids is 1. The summed E-state index contributed by atoms with van der Waals surface area (Å²) in [6.45, 7) is 0. The first-order chi connectivity index (χ1) is 9.80. The second kappa shape index (κ2) is 5.51. The summed E-state index contributed by atoms with van der Waals surface area (Å²) >= 11 is 0. The number of carbonyl (C=O) groups is 1. The number of hydrogen-bond acceptors (Lipinski definition) is 2. The number of rotatable bonds is 3. The molecule has 0 fully saturated rings. The van der Waals surface area contributed by atoms with Crippen LogP contribution in [-0.2, 0) is 17.4 Å². The van der Waals surface area contributed by atoms with Gasteiger partial charge in [-0.3, -0.25) is 4.79 Å². The lowest BCUT2D eigenvalue weighted by Crippen LogP contribution is -2.10. The third-order valence-corrected chi connectivity index (χ3v) is 2.83. The maximum absolute atomic E-state index is 13.9. The summed E-state index contributed by atoms with van der Waals surface area (Å²) in [5.74, 6) is -2.41. The van der Waals surface area contributed by atoms with Crippen LogP contribution in [0.3, 0.4) is 0 Å². The van der Waals surface area contributed by atoms with Crippen molar-refractivity contribution in [2.24, 2.45) is 0 Å². The highest BCUT2D eigenvalue weighted by molar-refractivity contribution is 5.78. The normalized spacial score (nSPS) is 11.4. The highest BCUT2D eigenvalue weighted by atomic mass is 19.4. The molecule has 0 saturated carbocycles. The minimum atomic E-state index is -4.68. The second-order valence-corrected chi connectivity index (χ2v) is 4.25. The van der Waals surface area contributed by atoms with Gasteiger partial charge < -0.3 is 5.11 Å². The summed E-state index contributed by atoms with van der Waals surface area (Å²) in [5.41, 5.74) is -1.96. The van der Waals surface area contributed by atoms with Crippen LogP contribution in [0.25, 0.3) is 11.1 Å². The smallest absolute Gasteiger partial charge is 0.417 e. The highest BCUT2D eigenvalue weighted by Crippen LogP contribution is 2.38. The third-order valence-electron chi connectivity index (χ3n) is 2.83. The van der Waals surface area contributed by atoms with E-state index in [1.165, 1.54) is 18.2 Å². The fourth-order valence-electron chi connectivity index (χ4n) is 2.02. The van der Waals surface area contributed by atoms with Gasteiger partial charge in [-0.25, -0.2) is 4.98 Å². The molecule has 7 heteroatoms. The van der Waals surface area contributed by atoms with Crippen molar-refractivity contribution in [1.82, 2.24) is 4.98 Å². The van der Waals surface area contributed by atoms with E-state index in [4.69, 9.17) is 5.11 Å². The molecule has 2 rings (SSSR count). The Bertz CT molecular complexity index is 683. The van der Waals surface area contributed by atoms with Crippen molar-refractivity contribution in [2.45, 2.75) is 12.6 Å². The molecule has 2 aromatic rings. The number of alkyl halides is 3. The van der Waals surface area contributed by atoms with Gasteiger partial charge in [0.2, 0.25) is 5.95 Å². The van der Waals surface area contributed by atoms with Gasteiger partial charge in [0, 0.05) is 11.8 Å². The molecular formula is C14H9F4NO2. The molecule has 0 aliphatic rings. The summed E-state index contributed by atoms with van der Waals surface area (Å²) in [5, 5.41) is 8.79. The van der Waals surface area contributed by atoms with Gasteiger partial charge >= 0.3 is 12.1 Å². The molecule has 0 aliphatic carbocycles. The van der Waals surface area contributed by atoms with Crippen LogP contribution in [0.15, 0.2) is 36.5 Å². The number of nitrogens with zero attached hydrogens (tertiary/aromatic N) is 1. The Morgan fingerprint density at radius 2 is 1.86 bits per heavy atom. The SMILES string of the molecule is O=C(O)Cc1ccnc(F)c1-c1ccccc1C(F)(F)F. The van der Waals surface area contributed by atoms with Crippen molar-refractivity contribution in [3.63, 3.8) is 0 Å². The Hall–Kier alpha value is -2.44. The van der Waals surface area contributed by atoms with Crippen LogP contribution in [-0.4, -0.2) is 16.1 Å². The van der Waals surface area contributed by atoms with Gasteiger partial charge in [-0.1, -0.05) is 18.2 Å². The van der Waals surface area contributed by atoms with E-state index >= 15 is 0 Å². The molecular weight excluding hydrogens is 290 g/mol. The van der Waals surface area contributed by atoms with Crippen molar-refractivity contribution < 1.29 is 27.5 Å². The topological polar surface area (TPSA) is 50.2 Å². The van der Waals surface area contributed by atoms with Crippen LogP contribution in [0.1, 0.15) is 11.1 Å². The Morgan fingerprint density at radius 3 is 2.48 bits per heavy atom. The Labute approximate surface area is 116 Å². The lowest BCUT2D eigenvalue weighted by Gasteiger charge is -2.15. The average Bonchev–Trinajstić information content (AvgIpc) is 2.37. The monoisotopic (exact) mass is 299 g/mol. The molecule has 0 atom stereocenters. The molecule has 0 spiro atoms. The molecule has 0 bridgehead atoms. The minimum absolute atomic E-state index is 0.0632. The van der Waals surface area contributed by atoms with E-state index in [9.17, 15) is 22.4 Å². The molecule has 1 heterocycles. The number of aromatic nitrogens is 1. The van der Waals surface area contributed by atoms with Gasteiger partial charge in [-0.15, -0.1) is 0 Å². The van der Waals surface area contributed by atoms with Gasteiger partial charge in [0.15, 0.2) is 0 Å². The fraction of sp³-hybridized carbons (Fsp3) is 0.143. The third kappa shape index (κ3) is 3.18. The highest BCUT2D eigenvalue weighted by Gasteiger charge is 2.34. The fourth-order valence-corrected chi connectivity index (χ4v) is 2.02. The second-order valence-electron chi connectivity index (χ2n) is 4.25. The lowest BCUT2D eigenvalue weighted by molar-refractivity contribution is -0.137. The largest absolute Gasteiger partial charge is 0.481 e. The van der Waals surface area contributed by atoms with Crippen LogP contribution in [0.4, 0.5) is 17.6 Å². The molecule has 21 heavy (non-hydrogen) atoms. The van der Waals surface area contributed by atoms with Crippen LogP contribution in [0.2, 0.25) is 0 Å². The van der Waals surface area contributed by atoms with Gasteiger partial charge in [0.25, 0.3) is 0 Å². The molecule has 0 saturated heterocycles. The maximum atomic E-state index is 13.9. The van der Waals surface area contributed by atoms with Gasteiger partial charge in [0.05, 0.1) is 12.0 Å². The number of hydrogen-bond donors (Lipinski definition) is 1. The van der Waals surface area contributed by atoms with Gasteiger partial charge in [0.1, 0.15) is 0 Å². The quantitative estimate of drug-likeness (QED) is 0.696. The first-order valence-electron chi connectivity index (χ1n) is 5.82. The number of aliphatic carboxylic acids is 1. The summed E-state index contributed by atoms with van der Waals surface area (Å²) in [7, 11) is 0.